The van der Waals surface area contributed by atoms with Gasteiger partial charge in [-0.3, -0.25) is 0 Å². The first kappa shape index (κ1) is 12.7. The number of nitrogens with one attached hydrogen (secondary N) is 1. The molecule has 5 heteroatoms. The summed E-state index contributed by atoms with van der Waals surface area (Å²) in [5.74, 6) is 0. The Morgan fingerprint density at radius 1 is 1.53 bits per heavy atom. The zero-order valence-corrected chi connectivity index (χ0v) is 10.3. The monoisotopic (exact) mass is 232 g/mol. The van der Waals surface area contributed by atoms with Gasteiger partial charge < -0.3 is 19.7 Å². The molecule has 0 radical (unpaired) electrons. The third-order valence-corrected chi connectivity index (χ3v) is 2.67. The molecule has 0 aromatic rings. The molecule has 1 N–H and O–H groups in total. The summed E-state index contributed by atoms with van der Waals surface area (Å²) < 4.78 is 10.4. The molecule has 0 amide bonds. The van der Waals surface area contributed by atoms with Crippen molar-refractivity contribution in [2.24, 2.45) is 0 Å². The highest BCUT2D eigenvalue weighted by molar-refractivity contribution is 7.80. The van der Waals surface area contributed by atoms with Crippen molar-refractivity contribution in [2.75, 3.05) is 40.0 Å². The number of hydrogen-bond donors (Lipinski definition) is 1. The molecule has 1 unspecified atom stereocenters. The van der Waals surface area contributed by atoms with Gasteiger partial charge in [0.15, 0.2) is 5.11 Å². The number of rotatable bonds is 3. The van der Waals surface area contributed by atoms with Crippen molar-refractivity contribution in [3.05, 3.63) is 0 Å². The summed E-state index contributed by atoms with van der Waals surface area (Å²) in [6.45, 7) is 6.19. The predicted octanol–water partition coefficient (Wildman–Crippen LogP) is 0.618. The van der Waals surface area contributed by atoms with Gasteiger partial charge >= 0.3 is 0 Å². The SMILES string of the molecule is COCC(C)NC(=S)N1CCCOCC1. The first-order valence-corrected chi connectivity index (χ1v) is 5.77. The zero-order valence-electron chi connectivity index (χ0n) is 9.49. The molecule has 0 aromatic carbocycles. The van der Waals surface area contributed by atoms with E-state index in [1.54, 1.807) is 7.11 Å². The van der Waals surface area contributed by atoms with Crippen molar-refractivity contribution < 1.29 is 9.47 Å². The van der Waals surface area contributed by atoms with Crippen LogP contribution in [-0.4, -0.2) is 56.1 Å². The van der Waals surface area contributed by atoms with Crippen LogP contribution >= 0.6 is 12.2 Å². The molecule has 0 aromatic heterocycles. The van der Waals surface area contributed by atoms with Gasteiger partial charge in [0.1, 0.15) is 0 Å². The molecule has 1 aliphatic rings. The average molecular weight is 232 g/mol. The topological polar surface area (TPSA) is 33.7 Å². The standard InChI is InChI=1S/C10H20N2O2S/c1-9(8-13-2)11-10(15)12-4-3-6-14-7-5-12/h9H,3-8H2,1-2H3,(H,11,15). The number of ether oxygens (including phenoxy) is 2. The lowest BCUT2D eigenvalue weighted by molar-refractivity contribution is 0.147. The Hall–Kier alpha value is -0.390. The summed E-state index contributed by atoms with van der Waals surface area (Å²) in [5, 5.41) is 4.07. The highest BCUT2D eigenvalue weighted by Crippen LogP contribution is 2.00. The van der Waals surface area contributed by atoms with Gasteiger partial charge in [-0.25, -0.2) is 0 Å². The number of hydrogen-bond acceptors (Lipinski definition) is 3. The van der Waals surface area contributed by atoms with Gasteiger partial charge in [-0.05, 0) is 25.6 Å². The second-order valence-electron chi connectivity index (χ2n) is 3.76. The highest BCUT2D eigenvalue weighted by Gasteiger charge is 2.13. The molecule has 88 valence electrons. The second kappa shape index (κ2) is 6.98. The van der Waals surface area contributed by atoms with Gasteiger partial charge in [0.2, 0.25) is 0 Å². The molecule has 1 aliphatic heterocycles. The van der Waals surface area contributed by atoms with Crippen molar-refractivity contribution >= 4 is 17.3 Å². The first-order valence-electron chi connectivity index (χ1n) is 5.36. The summed E-state index contributed by atoms with van der Waals surface area (Å²) in [5.41, 5.74) is 0. The Bertz CT molecular complexity index is 194. The Balaban J connectivity index is 2.30. The Morgan fingerprint density at radius 3 is 3.07 bits per heavy atom. The van der Waals surface area contributed by atoms with E-state index in [0.29, 0.717) is 6.61 Å². The molecule has 15 heavy (non-hydrogen) atoms. The maximum absolute atomic E-state index is 5.37. The van der Waals surface area contributed by atoms with Crippen molar-refractivity contribution in [1.82, 2.24) is 10.2 Å². The fourth-order valence-electron chi connectivity index (χ4n) is 1.54. The molecular formula is C10H20N2O2S. The summed E-state index contributed by atoms with van der Waals surface area (Å²) in [7, 11) is 1.70. The first-order chi connectivity index (χ1) is 7.24. The number of methoxy groups -OCH3 is 1. The second-order valence-corrected chi connectivity index (χ2v) is 4.15. The Kier molecular flexibility index (Phi) is 5.90. The van der Waals surface area contributed by atoms with Crippen LogP contribution in [0, 0.1) is 0 Å². The Morgan fingerprint density at radius 2 is 2.33 bits per heavy atom. The van der Waals surface area contributed by atoms with Gasteiger partial charge in [-0.2, -0.15) is 0 Å². The van der Waals surface area contributed by atoms with E-state index in [9.17, 15) is 0 Å². The van der Waals surface area contributed by atoms with E-state index in [-0.39, 0.29) is 6.04 Å². The van der Waals surface area contributed by atoms with Crippen molar-refractivity contribution in [1.29, 1.82) is 0 Å². The minimum atomic E-state index is 0.256. The quantitative estimate of drug-likeness (QED) is 0.721. The normalized spacial score (nSPS) is 19.5. The lowest BCUT2D eigenvalue weighted by Crippen LogP contribution is -2.45. The van der Waals surface area contributed by atoms with Crippen LogP contribution < -0.4 is 5.32 Å². The van der Waals surface area contributed by atoms with Crippen molar-refractivity contribution in [2.45, 2.75) is 19.4 Å². The Labute approximate surface area is 96.9 Å². The molecule has 1 saturated heterocycles. The van der Waals surface area contributed by atoms with E-state index in [2.05, 4.69) is 17.1 Å². The smallest absolute Gasteiger partial charge is 0.169 e. The summed E-state index contributed by atoms with van der Waals surface area (Å²) in [6, 6.07) is 0.256. The van der Waals surface area contributed by atoms with Gasteiger partial charge in [-0.15, -0.1) is 0 Å². The largest absolute Gasteiger partial charge is 0.383 e. The maximum Gasteiger partial charge on any atom is 0.169 e. The van der Waals surface area contributed by atoms with Crippen LogP contribution in [-0.2, 0) is 9.47 Å². The highest BCUT2D eigenvalue weighted by atomic mass is 32.1. The van der Waals surface area contributed by atoms with Crippen LogP contribution in [0.3, 0.4) is 0 Å². The van der Waals surface area contributed by atoms with Crippen LogP contribution in [0.5, 0.6) is 0 Å². The fourth-order valence-corrected chi connectivity index (χ4v) is 1.93. The molecule has 0 aliphatic carbocycles. The van der Waals surface area contributed by atoms with E-state index < -0.39 is 0 Å². The van der Waals surface area contributed by atoms with Crippen LogP contribution in [0.1, 0.15) is 13.3 Å². The zero-order chi connectivity index (χ0) is 11.1. The number of nitrogens with zero attached hydrogens (tertiary/aromatic N) is 1. The molecule has 0 bridgehead atoms. The molecule has 0 spiro atoms. The lowest BCUT2D eigenvalue weighted by atomic mass is 10.3. The lowest BCUT2D eigenvalue weighted by Gasteiger charge is -2.25. The van der Waals surface area contributed by atoms with E-state index >= 15 is 0 Å². The van der Waals surface area contributed by atoms with E-state index in [1.807, 2.05) is 0 Å². The third kappa shape index (κ3) is 4.77. The van der Waals surface area contributed by atoms with Gasteiger partial charge in [0.25, 0.3) is 0 Å². The molecule has 1 heterocycles. The molecule has 1 atom stereocenters. The molecule has 4 nitrogen and oxygen atoms in total. The summed E-state index contributed by atoms with van der Waals surface area (Å²) in [6.07, 6.45) is 1.04. The maximum atomic E-state index is 5.37. The van der Waals surface area contributed by atoms with E-state index in [4.69, 9.17) is 21.7 Å². The molecule has 1 rings (SSSR count). The molecule has 1 fully saturated rings. The average Bonchev–Trinajstić information content (AvgIpc) is 2.45. The van der Waals surface area contributed by atoms with Crippen LogP contribution in [0.2, 0.25) is 0 Å². The summed E-state index contributed by atoms with van der Waals surface area (Å²) in [4.78, 5) is 2.16. The van der Waals surface area contributed by atoms with Gasteiger partial charge in [-0.1, -0.05) is 0 Å². The van der Waals surface area contributed by atoms with Gasteiger partial charge in [0.05, 0.1) is 13.2 Å². The minimum Gasteiger partial charge on any atom is -0.383 e. The summed E-state index contributed by atoms with van der Waals surface area (Å²) >= 11 is 5.33. The van der Waals surface area contributed by atoms with Crippen LogP contribution in [0.4, 0.5) is 0 Å². The predicted molar refractivity (Wildman–Crippen MR) is 64.1 cm³/mol. The number of thiocarbonyl (C=S) groups is 1. The van der Waals surface area contributed by atoms with Crippen LogP contribution in [0.15, 0.2) is 0 Å². The van der Waals surface area contributed by atoms with Crippen molar-refractivity contribution in [3.8, 4) is 0 Å². The minimum absolute atomic E-state index is 0.256. The van der Waals surface area contributed by atoms with Gasteiger partial charge in [0, 0.05) is 32.8 Å². The van der Waals surface area contributed by atoms with Crippen LogP contribution in [0.25, 0.3) is 0 Å². The fraction of sp³-hybridized carbons (Fsp3) is 0.900. The van der Waals surface area contributed by atoms with E-state index in [1.165, 1.54) is 0 Å². The third-order valence-electron chi connectivity index (χ3n) is 2.30. The van der Waals surface area contributed by atoms with E-state index in [0.717, 1.165) is 37.8 Å². The molecular weight excluding hydrogens is 212 g/mol. The van der Waals surface area contributed by atoms with Crippen molar-refractivity contribution in [3.63, 3.8) is 0 Å². The molecule has 0 saturated carbocycles.